The SMILES string of the molecule is C[C@H](Nc1ncc(C#N)c(-c2cnc3c(C(F)F)cccn23)n1)c1cccc(NCCO[Si](C)(C)C(C)(C)C)c1. The number of nitrogens with zero attached hydrogens (tertiary/aromatic N) is 5. The minimum absolute atomic E-state index is 0.122. The second-order valence-electron chi connectivity index (χ2n) is 11.2. The van der Waals surface area contributed by atoms with E-state index in [0.29, 0.717) is 30.5 Å². The zero-order chi connectivity index (χ0) is 29.1. The Morgan fingerprint density at radius 2 is 1.90 bits per heavy atom. The number of hydrogen-bond acceptors (Lipinski definition) is 7. The van der Waals surface area contributed by atoms with Crippen LogP contribution in [0.4, 0.5) is 20.4 Å². The van der Waals surface area contributed by atoms with Gasteiger partial charge >= 0.3 is 0 Å². The van der Waals surface area contributed by atoms with Gasteiger partial charge in [0.05, 0.1) is 41.9 Å². The first-order valence-electron chi connectivity index (χ1n) is 13.2. The first-order valence-corrected chi connectivity index (χ1v) is 16.1. The molecule has 1 atom stereocenters. The average Bonchev–Trinajstić information content (AvgIpc) is 3.34. The molecule has 0 radical (unpaired) electrons. The summed E-state index contributed by atoms with van der Waals surface area (Å²) in [5, 5.41) is 16.6. The lowest BCUT2D eigenvalue weighted by Crippen LogP contribution is -2.41. The summed E-state index contributed by atoms with van der Waals surface area (Å²) in [6.45, 7) is 14.5. The van der Waals surface area contributed by atoms with Crippen molar-refractivity contribution in [2.45, 2.75) is 58.3 Å². The molecule has 0 saturated carbocycles. The summed E-state index contributed by atoms with van der Waals surface area (Å²) in [5.41, 5.74) is 2.88. The van der Waals surface area contributed by atoms with E-state index in [9.17, 15) is 14.0 Å². The Balaban J connectivity index is 1.49. The zero-order valence-electron chi connectivity index (χ0n) is 23.7. The molecule has 2 N–H and O–H groups in total. The predicted octanol–water partition coefficient (Wildman–Crippen LogP) is 7.21. The van der Waals surface area contributed by atoms with Crippen molar-refractivity contribution in [2.75, 3.05) is 23.8 Å². The number of aromatic nitrogens is 4. The van der Waals surface area contributed by atoms with Crippen molar-refractivity contribution in [1.82, 2.24) is 19.4 Å². The van der Waals surface area contributed by atoms with Gasteiger partial charge in [0.2, 0.25) is 5.95 Å². The minimum atomic E-state index is -2.67. The Hall–Kier alpha value is -3.88. The third-order valence-corrected chi connectivity index (χ3v) is 11.9. The summed E-state index contributed by atoms with van der Waals surface area (Å²) >= 11 is 0. The molecule has 0 aliphatic carbocycles. The van der Waals surface area contributed by atoms with E-state index in [0.717, 1.165) is 11.3 Å². The number of imidazole rings is 1. The van der Waals surface area contributed by atoms with E-state index in [1.165, 1.54) is 28.9 Å². The molecule has 40 heavy (non-hydrogen) atoms. The van der Waals surface area contributed by atoms with Gasteiger partial charge in [0, 0.05) is 18.4 Å². The van der Waals surface area contributed by atoms with E-state index < -0.39 is 14.7 Å². The number of benzene rings is 1. The molecule has 4 rings (SSSR count). The molecule has 3 aromatic heterocycles. The van der Waals surface area contributed by atoms with Crippen LogP contribution in [0.1, 0.15) is 56.9 Å². The fourth-order valence-electron chi connectivity index (χ4n) is 4.02. The highest BCUT2D eigenvalue weighted by Gasteiger charge is 2.36. The van der Waals surface area contributed by atoms with Crippen LogP contribution in [0.15, 0.2) is 55.0 Å². The molecule has 0 spiro atoms. The number of halogens is 2. The Morgan fingerprint density at radius 1 is 1.12 bits per heavy atom. The number of nitriles is 1. The Kier molecular flexibility index (Phi) is 8.51. The van der Waals surface area contributed by atoms with Gasteiger partial charge in [-0.15, -0.1) is 0 Å². The number of rotatable bonds is 10. The second-order valence-corrected chi connectivity index (χ2v) is 16.0. The summed E-state index contributed by atoms with van der Waals surface area (Å²) in [6.07, 6.45) is 1.82. The number of hydrogen-bond donors (Lipinski definition) is 2. The van der Waals surface area contributed by atoms with Crippen LogP contribution in [-0.4, -0.2) is 40.8 Å². The first-order chi connectivity index (χ1) is 18.9. The van der Waals surface area contributed by atoms with Gasteiger partial charge < -0.3 is 15.1 Å². The van der Waals surface area contributed by atoms with Gasteiger partial charge in [0.25, 0.3) is 6.43 Å². The Labute approximate surface area is 234 Å². The maximum atomic E-state index is 13.5. The highest BCUT2D eigenvalue weighted by molar-refractivity contribution is 6.74. The average molecular weight is 564 g/mol. The molecule has 0 bridgehead atoms. The summed E-state index contributed by atoms with van der Waals surface area (Å²) in [7, 11) is -1.79. The summed E-state index contributed by atoms with van der Waals surface area (Å²) < 4.78 is 34.7. The lowest BCUT2D eigenvalue weighted by Gasteiger charge is -2.36. The van der Waals surface area contributed by atoms with Crippen molar-refractivity contribution in [3.05, 3.63) is 71.7 Å². The fourth-order valence-corrected chi connectivity index (χ4v) is 5.07. The minimum Gasteiger partial charge on any atom is -0.415 e. The van der Waals surface area contributed by atoms with Gasteiger partial charge in [0.15, 0.2) is 8.32 Å². The maximum absolute atomic E-state index is 13.5. The largest absolute Gasteiger partial charge is 0.415 e. The number of pyridine rings is 1. The molecule has 8 nitrogen and oxygen atoms in total. The molecule has 0 aliphatic rings. The highest BCUT2D eigenvalue weighted by Crippen LogP contribution is 2.36. The van der Waals surface area contributed by atoms with Crippen LogP contribution in [0, 0.1) is 11.3 Å². The normalized spacial score (nSPS) is 12.9. The molecule has 3 heterocycles. The van der Waals surface area contributed by atoms with E-state index in [1.807, 2.05) is 25.1 Å². The standard InChI is InChI=1S/C29H35F2N7OSi/c1-19(20-9-7-10-22(15-20)33-12-14-39-40(5,6)29(2,3)4)36-28-35-17-21(16-32)25(37-28)24-18-34-27-23(26(30)31)11-8-13-38(24)27/h7-11,13,15,17-19,26,33H,12,14H2,1-6H3,(H,35,36,37)/t19-/m0/s1. The van der Waals surface area contributed by atoms with E-state index in [-0.39, 0.29) is 27.9 Å². The molecule has 0 saturated heterocycles. The van der Waals surface area contributed by atoms with Crippen LogP contribution in [0.2, 0.25) is 18.1 Å². The fraction of sp³-hybridized carbons (Fsp3) is 0.379. The second kappa shape index (κ2) is 11.7. The van der Waals surface area contributed by atoms with Gasteiger partial charge in [-0.1, -0.05) is 32.9 Å². The molecule has 4 aromatic rings. The van der Waals surface area contributed by atoms with E-state index >= 15 is 0 Å². The number of alkyl halides is 2. The zero-order valence-corrected chi connectivity index (χ0v) is 24.7. The van der Waals surface area contributed by atoms with Crippen LogP contribution >= 0.6 is 0 Å². The van der Waals surface area contributed by atoms with E-state index in [2.05, 4.69) is 71.6 Å². The van der Waals surface area contributed by atoms with Crippen molar-refractivity contribution in [2.24, 2.45) is 0 Å². The van der Waals surface area contributed by atoms with Crippen LogP contribution in [0.25, 0.3) is 17.0 Å². The molecular formula is C29H35F2N7OSi. The van der Waals surface area contributed by atoms with Gasteiger partial charge in [0.1, 0.15) is 17.4 Å². The van der Waals surface area contributed by atoms with Crippen LogP contribution in [-0.2, 0) is 4.43 Å². The van der Waals surface area contributed by atoms with Crippen molar-refractivity contribution >= 4 is 25.6 Å². The molecule has 0 amide bonds. The first kappa shape index (κ1) is 29.1. The third kappa shape index (κ3) is 6.29. The molecule has 0 unspecified atom stereocenters. The van der Waals surface area contributed by atoms with Crippen molar-refractivity contribution in [3.8, 4) is 17.5 Å². The molecule has 210 valence electrons. The van der Waals surface area contributed by atoms with Crippen molar-refractivity contribution in [1.29, 1.82) is 5.26 Å². The van der Waals surface area contributed by atoms with Gasteiger partial charge in [-0.25, -0.2) is 23.7 Å². The van der Waals surface area contributed by atoms with Gasteiger partial charge in [-0.2, -0.15) is 5.26 Å². The lowest BCUT2D eigenvalue weighted by molar-refractivity contribution is 0.152. The van der Waals surface area contributed by atoms with Crippen LogP contribution in [0.3, 0.4) is 0 Å². The topological polar surface area (TPSA) is 100 Å². The summed E-state index contributed by atoms with van der Waals surface area (Å²) in [6, 6.07) is 12.9. The predicted molar refractivity (Wildman–Crippen MR) is 156 cm³/mol. The summed E-state index contributed by atoms with van der Waals surface area (Å²) in [4.78, 5) is 13.1. The lowest BCUT2D eigenvalue weighted by atomic mass is 10.1. The van der Waals surface area contributed by atoms with Gasteiger partial charge in [-0.05, 0) is 54.9 Å². The molecule has 11 heteroatoms. The molecule has 1 aromatic carbocycles. The van der Waals surface area contributed by atoms with E-state index in [1.54, 1.807) is 6.20 Å². The van der Waals surface area contributed by atoms with Gasteiger partial charge in [-0.3, -0.25) is 4.40 Å². The molecule has 0 fully saturated rings. The van der Waals surface area contributed by atoms with Crippen molar-refractivity contribution in [3.63, 3.8) is 0 Å². The van der Waals surface area contributed by atoms with Crippen LogP contribution < -0.4 is 10.6 Å². The number of fused-ring (bicyclic) bond motifs is 1. The van der Waals surface area contributed by atoms with Crippen molar-refractivity contribution < 1.29 is 13.2 Å². The number of nitrogens with one attached hydrogen (secondary N) is 2. The summed E-state index contributed by atoms with van der Waals surface area (Å²) in [5.74, 6) is 0.308. The molecular weight excluding hydrogens is 528 g/mol. The highest BCUT2D eigenvalue weighted by atomic mass is 28.4. The Bertz CT molecular complexity index is 1530. The smallest absolute Gasteiger partial charge is 0.267 e. The maximum Gasteiger partial charge on any atom is 0.267 e. The third-order valence-electron chi connectivity index (χ3n) is 7.39. The quantitative estimate of drug-likeness (QED) is 0.155. The Morgan fingerprint density at radius 3 is 2.60 bits per heavy atom. The van der Waals surface area contributed by atoms with Crippen LogP contribution in [0.5, 0.6) is 0 Å². The monoisotopic (exact) mass is 563 g/mol. The number of anilines is 2. The van der Waals surface area contributed by atoms with E-state index in [4.69, 9.17) is 4.43 Å². The molecule has 0 aliphatic heterocycles.